The lowest BCUT2D eigenvalue weighted by atomic mass is 10.0. The third-order valence-corrected chi connectivity index (χ3v) is 4.44. The summed E-state index contributed by atoms with van der Waals surface area (Å²) in [6.07, 6.45) is 1.62. The minimum atomic E-state index is -0.573. The highest BCUT2D eigenvalue weighted by Crippen LogP contribution is 2.35. The Labute approximate surface area is 152 Å². The minimum Gasteiger partial charge on any atom is -0.493 e. The highest BCUT2D eigenvalue weighted by atomic mass is 16.6. The molecule has 9 nitrogen and oxygen atoms in total. The fraction of sp³-hybridized carbons (Fsp3) is 0.588. The zero-order valence-corrected chi connectivity index (χ0v) is 15.3. The smallest absolute Gasteiger partial charge is 0.286 e. The van der Waals surface area contributed by atoms with Crippen LogP contribution in [0, 0.1) is 10.1 Å². The molecule has 1 aromatic rings. The molecule has 0 aliphatic carbocycles. The molecule has 1 heterocycles. The number of nitrogens with zero attached hydrogens (tertiary/aromatic N) is 2. The molecular formula is C17H25N3O6. The van der Waals surface area contributed by atoms with Gasteiger partial charge in [0.1, 0.15) is 12.2 Å². The number of piperidine rings is 1. The Balaban J connectivity index is 2.28. The number of ether oxygens (including phenoxy) is 3. The maximum absolute atomic E-state index is 12.8. The zero-order valence-electron chi connectivity index (χ0n) is 15.3. The number of nitro benzene ring substituents is 1. The molecule has 1 aliphatic rings. The van der Waals surface area contributed by atoms with Gasteiger partial charge in [0.25, 0.3) is 11.6 Å². The first kappa shape index (κ1) is 19.9. The van der Waals surface area contributed by atoms with Crippen molar-refractivity contribution in [3.63, 3.8) is 0 Å². The average molecular weight is 367 g/mol. The molecule has 0 saturated carbocycles. The fourth-order valence-corrected chi connectivity index (χ4v) is 2.92. The quantitative estimate of drug-likeness (QED) is 0.421. The van der Waals surface area contributed by atoms with Gasteiger partial charge >= 0.3 is 0 Å². The van der Waals surface area contributed by atoms with E-state index in [4.69, 9.17) is 14.2 Å². The lowest BCUT2D eigenvalue weighted by Gasteiger charge is -2.31. The molecule has 1 fully saturated rings. The number of carbonyl (C=O) groups excluding carboxylic acids is 1. The number of amides is 1. The molecule has 0 radical (unpaired) electrons. The number of benzene rings is 1. The molecule has 0 aromatic heterocycles. The highest BCUT2D eigenvalue weighted by Gasteiger charge is 2.30. The van der Waals surface area contributed by atoms with Crippen molar-refractivity contribution in [2.24, 2.45) is 0 Å². The van der Waals surface area contributed by atoms with Crippen LogP contribution in [0.5, 0.6) is 11.5 Å². The lowest BCUT2D eigenvalue weighted by molar-refractivity contribution is -0.385. The van der Waals surface area contributed by atoms with Gasteiger partial charge in [0.2, 0.25) is 0 Å². The second-order valence-corrected chi connectivity index (χ2v) is 5.97. The van der Waals surface area contributed by atoms with Crippen molar-refractivity contribution in [2.75, 3.05) is 47.6 Å². The summed E-state index contributed by atoms with van der Waals surface area (Å²) in [6, 6.07) is 2.98. The molecule has 26 heavy (non-hydrogen) atoms. The van der Waals surface area contributed by atoms with Gasteiger partial charge in [-0.15, -0.1) is 0 Å². The molecular weight excluding hydrogens is 342 g/mol. The summed E-state index contributed by atoms with van der Waals surface area (Å²) in [5.74, 6) is 0.120. The van der Waals surface area contributed by atoms with E-state index < -0.39 is 4.92 Å². The van der Waals surface area contributed by atoms with Crippen LogP contribution in [0.2, 0.25) is 0 Å². The van der Waals surface area contributed by atoms with Gasteiger partial charge in [0.15, 0.2) is 11.5 Å². The minimum absolute atomic E-state index is 0.00819. The summed E-state index contributed by atoms with van der Waals surface area (Å²) in [6.45, 7) is 1.65. The van der Waals surface area contributed by atoms with Gasteiger partial charge < -0.3 is 24.4 Å². The zero-order chi connectivity index (χ0) is 19.1. The Morgan fingerprint density at radius 2 is 1.96 bits per heavy atom. The third kappa shape index (κ3) is 4.61. The number of likely N-dealkylation sites (tertiary alicyclic amines) is 1. The van der Waals surface area contributed by atoms with Gasteiger partial charge in [-0.2, -0.15) is 0 Å². The van der Waals surface area contributed by atoms with Crippen LogP contribution < -0.4 is 14.8 Å². The van der Waals surface area contributed by atoms with E-state index in [1.807, 2.05) is 7.05 Å². The Bertz CT molecular complexity index is 644. The Kier molecular flexibility index (Phi) is 7.16. The standard InChI is InChI=1S/C17H25N3O6/c1-18-12-4-6-19(7-5-12)17(21)13-10-15(25-3)16(26-9-8-24-2)11-14(13)20(22)23/h10-12,18H,4-9H2,1-3H3. The molecule has 0 unspecified atom stereocenters. The van der Waals surface area contributed by atoms with Crippen LogP contribution in [0.3, 0.4) is 0 Å². The summed E-state index contributed by atoms with van der Waals surface area (Å²) in [5.41, 5.74) is -0.284. The van der Waals surface area contributed by atoms with Crippen LogP contribution in [0.25, 0.3) is 0 Å². The highest BCUT2D eigenvalue weighted by molar-refractivity contribution is 5.99. The fourth-order valence-electron chi connectivity index (χ4n) is 2.92. The molecule has 2 rings (SSSR count). The Morgan fingerprint density at radius 3 is 2.50 bits per heavy atom. The maximum atomic E-state index is 12.8. The van der Waals surface area contributed by atoms with Crippen molar-refractivity contribution in [3.8, 4) is 11.5 Å². The van der Waals surface area contributed by atoms with Crippen LogP contribution in [0.15, 0.2) is 12.1 Å². The molecule has 1 aliphatic heterocycles. The van der Waals surface area contributed by atoms with Gasteiger partial charge in [-0.1, -0.05) is 0 Å². The van der Waals surface area contributed by atoms with Crippen molar-refractivity contribution in [1.29, 1.82) is 0 Å². The average Bonchev–Trinajstić information content (AvgIpc) is 2.67. The maximum Gasteiger partial charge on any atom is 0.286 e. The van der Waals surface area contributed by atoms with Gasteiger partial charge in [0.05, 0.1) is 24.7 Å². The van der Waals surface area contributed by atoms with E-state index in [-0.39, 0.29) is 35.3 Å². The van der Waals surface area contributed by atoms with Crippen LogP contribution >= 0.6 is 0 Å². The largest absolute Gasteiger partial charge is 0.493 e. The van der Waals surface area contributed by atoms with Crippen molar-refractivity contribution in [3.05, 3.63) is 27.8 Å². The van der Waals surface area contributed by atoms with Crippen molar-refractivity contribution < 1.29 is 23.9 Å². The van der Waals surface area contributed by atoms with E-state index in [1.165, 1.54) is 26.4 Å². The number of methoxy groups -OCH3 is 2. The van der Waals surface area contributed by atoms with Crippen molar-refractivity contribution >= 4 is 11.6 Å². The summed E-state index contributed by atoms with van der Waals surface area (Å²) < 4.78 is 15.6. The summed E-state index contributed by atoms with van der Waals surface area (Å²) in [5, 5.41) is 14.7. The van der Waals surface area contributed by atoms with Gasteiger partial charge in [0, 0.05) is 32.3 Å². The molecule has 0 bridgehead atoms. The topological polar surface area (TPSA) is 103 Å². The Morgan fingerprint density at radius 1 is 1.27 bits per heavy atom. The molecule has 144 valence electrons. The van der Waals surface area contributed by atoms with Crippen LogP contribution in [-0.2, 0) is 4.74 Å². The van der Waals surface area contributed by atoms with E-state index in [9.17, 15) is 14.9 Å². The van der Waals surface area contributed by atoms with E-state index in [2.05, 4.69) is 5.32 Å². The second-order valence-electron chi connectivity index (χ2n) is 5.97. The first-order chi connectivity index (χ1) is 12.5. The van der Waals surface area contributed by atoms with Crippen LogP contribution in [0.1, 0.15) is 23.2 Å². The number of carbonyl (C=O) groups is 1. The second kappa shape index (κ2) is 9.35. The van der Waals surface area contributed by atoms with Crippen LogP contribution in [-0.4, -0.2) is 69.3 Å². The van der Waals surface area contributed by atoms with E-state index in [0.717, 1.165) is 12.8 Å². The molecule has 1 aromatic carbocycles. The molecule has 1 N–H and O–H groups in total. The Hall–Kier alpha value is -2.39. The molecule has 0 spiro atoms. The monoisotopic (exact) mass is 367 g/mol. The SMILES string of the molecule is CNC1CCN(C(=O)c2cc(OC)c(OCCOC)cc2[N+](=O)[O-])CC1. The van der Waals surface area contributed by atoms with Crippen LogP contribution in [0.4, 0.5) is 5.69 Å². The van der Waals surface area contributed by atoms with E-state index >= 15 is 0 Å². The molecule has 1 saturated heterocycles. The van der Waals surface area contributed by atoms with Gasteiger partial charge in [-0.05, 0) is 19.9 Å². The van der Waals surface area contributed by atoms with Crippen molar-refractivity contribution in [2.45, 2.75) is 18.9 Å². The summed E-state index contributed by atoms with van der Waals surface area (Å²) in [4.78, 5) is 25.4. The van der Waals surface area contributed by atoms with E-state index in [1.54, 1.807) is 4.90 Å². The first-order valence-corrected chi connectivity index (χ1v) is 8.46. The molecule has 9 heteroatoms. The molecule has 0 atom stereocenters. The lowest BCUT2D eigenvalue weighted by Crippen LogP contribution is -2.44. The van der Waals surface area contributed by atoms with Crippen molar-refractivity contribution in [1.82, 2.24) is 10.2 Å². The predicted octanol–water partition coefficient (Wildman–Crippen LogP) is 1.45. The summed E-state index contributed by atoms with van der Waals surface area (Å²) in [7, 11) is 4.85. The van der Waals surface area contributed by atoms with E-state index in [0.29, 0.717) is 25.7 Å². The molecule has 1 amide bonds. The summed E-state index contributed by atoms with van der Waals surface area (Å²) >= 11 is 0. The first-order valence-electron chi connectivity index (χ1n) is 8.46. The number of nitro groups is 1. The number of hydrogen-bond donors (Lipinski definition) is 1. The van der Waals surface area contributed by atoms with Gasteiger partial charge in [-0.3, -0.25) is 14.9 Å². The normalized spacial score (nSPS) is 15.0. The number of hydrogen-bond acceptors (Lipinski definition) is 7. The third-order valence-electron chi connectivity index (χ3n) is 4.44. The van der Waals surface area contributed by atoms with Gasteiger partial charge in [-0.25, -0.2) is 0 Å². The number of nitrogens with one attached hydrogen (secondary N) is 1. The number of rotatable bonds is 8. The predicted molar refractivity (Wildman–Crippen MR) is 95.0 cm³/mol.